The molecular formula is C12H14N4O. The molecule has 0 aliphatic rings. The van der Waals surface area contributed by atoms with Crippen LogP contribution in [-0.2, 0) is 6.42 Å². The van der Waals surface area contributed by atoms with Crippen molar-refractivity contribution in [3.05, 3.63) is 23.7 Å². The van der Waals surface area contributed by atoms with Crippen LogP contribution in [0.3, 0.4) is 0 Å². The van der Waals surface area contributed by atoms with Gasteiger partial charge in [-0.05, 0) is 24.5 Å². The second-order valence-corrected chi connectivity index (χ2v) is 4.35. The van der Waals surface area contributed by atoms with Gasteiger partial charge in [0.05, 0.1) is 0 Å². The predicted octanol–water partition coefficient (Wildman–Crippen LogP) is 2.52. The Kier molecular flexibility index (Phi) is 3.24. The second kappa shape index (κ2) is 4.83. The number of nitrogens with one attached hydrogen (secondary N) is 1. The van der Waals surface area contributed by atoms with Crippen molar-refractivity contribution in [2.45, 2.75) is 26.7 Å². The fourth-order valence-corrected chi connectivity index (χ4v) is 1.47. The van der Waals surface area contributed by atoms with Crippen molar-refractivity contribution in [2.75, 3.05) is 0 Å². The lowest BCUT2D eigenvalue weighted by Crippen LogP contribution is -1.93. The third kappa shape index (κ3) is 2.72. The summed E-state index contributed by atoms with van der Waals surface area (Å²) in [4.78, 5) is 7.18. The highest BCUT2D eigenvalue weighted by Crippen LogP contribution is 2.17. The fraction of sp³-hybridized carbons (Fsp3) is 0.417. The van der Waals surface area contributed by atoms with Crippen LogP contribution in [0, 0.1) is 17.2 Å². The van der Waals surface area contributed by atoms with Crippen LogP contribution in [0.1, 0.15) is 31.8 Å². The van der Waals surface area contributed by atoms with E-state index in [-0.39, 0.29) is 0 Å². The second-order valence-electron chi connectivity index (χ2n) is 4.35. The number of aryl methyl sites for hydroxylation is 1. The molecule has 0 aliphatic carbocycles. The summed E-state index contributed by atoms with van der Waals surface area (Å²) in [7, 11) is 0. The van der Waals surface area contributed by atoms with E-state index in [1.165, 1.54) is 0 Å². The Morgan fingerprint density at radius 1 is 1.47 bits per heavy atom. The zero-order valence-corrected chi connectivity index (χ0v) is 9.90. The molecule has 5 heteroatoms. The smallest absolute Gasteiger partial charge is 0.274 e. The number of aromatic nitrogens is 3. The van der Waals surface area contributed by atoms with Gasteiger partial charge < -0.3 is 9.51 Å². The quantitative estimate of drug-likeness (QED) is 0.875. The lowest BCUT2D eigenvalue weighted by atomic mass is 10.1. The maximum absolute atomic E-state index is 8.70. The molecule has 0 unspecified atom stereocenters. The van der Waals surface area contributed by atoms with Crippen LogP contribution >= 0.6 is 0 Å². The lowest BCUT2D eigenvalue weighted by molar-refractivity contribution is 0.418. The van der Waals surface area contributed by atoms with Crippen molar-refractivity contribution in [1.29, 1.82) is 5.26 Å². The molecule has 2 aromatic rings. The molecule has 0 fully saturated rings. The summed E-state index contributed by atoms with van der Waals surface area (Å²) < 4.78 is 5.14. The fourth-order valence-electron chi connectivity index (χ4n) is 1.47. The summed E-state index contributed by atoms with van der Waals surface area (Å²) in [6, 6.07) is 5.47. The van der Waals surface area contributed by atoms with Crippen LogP contribution in [0.5, 0.6) is 0 Å². The first-order valence-electron chi connectivity index (χ1n) is 5.61. The molecule has 5 nitrogen and oxygen atoms in total. The molecule has 17 heavy (non-hydrogen) atoms. The number of H-pyrrole nitrogens is 1. The predicted molar refractivity (Wildman–Crippen MR) is 62.0 cm³/mol. The van der Waals surface area contributed by atoms with Crippen molar-refractivity contribution in [3.8, 4) is 17.7 Å². The van der Waals surface area contributed by atoms with Gasteiger partial charge in [-0.1, -0.05) is 19.0 Å². The Bertz CT molecular complexity index is 533. The molecule has 0 atom stereocenters. The van der Waals surface area contributed by atoms with Gasteiger partial charge in [0, 0.05) is 6.42 Å². The van der Waals surface area contributed by atoms with E-state index >= 15 is 0 Å². The van der Waals surface area contributed by atoms with E-state index in [2.05, 4.69) is 29.0 Å². The highest BCUT2D eigenvalue weighted by molar-refractivity contribution is 5.49. The Hall–Kier alpha value is -2.09. The van der Waals surface area contributed by atoms with Crippen molar-refractivity contribution >= 4 is 0 Å². The summed E-state index contributed by atoms with van der Waals surface area (Å²) in [5.74, 6) is 1.76. The standard InChI is InChI=1S/C12H14N4O/c1-8(2)3-6-11-15-12(17-16-11)10-5-4-9(7-13)14-10/h4-5,8,14H,3,6H2,1-2H3. The van der Waals surface area contributed by atoms with Gasteiger partial charge in [0.15, 0.2) is 5.82 Å². The zero-order chi connectivity index (χ0) is 12.3. The zero-order valence-electron chi connectivity index (χ0n) is 9.90. The SMILES string of the molecule is CC(C)CCc1noc(-c2ccc(C#N)[nH]2)n1. The third-order valence-corrected chi connectivity index (χ3v) is 2.45. The van der Waals surface area contributed by atoms with Crippen molar-refractivity contribution in [2.24, 2.45) is 5.92 Å². The minimum atomic E-state index is 0.435. The molecule has 88 valence electrons. The van der Waals surface area contributed by atoms with E-state index in [1.807, 2.05) is 6.07 Å². The summed E-state index contributed by atoms with van der Waals surface area (Å²) in [6.07, 6.45) is 1.85. The molecule has 0 spiro atoms. The first-order valence-corrected chi connectivity index (χ1v) is 5.61. The van der Waals surface area contributed by atoms with Crippen molar-refractivity contribution < 1.29 is 4.52 Å². The Morgan fingerprint density at radius 2 is 2.29 bits per heavy atom. The Labute approximate surface area is 99.5 Å². The average Bonchev–Trinajstić information content (AvgIpc) is 2.94. The Balaban J connectivity index is 2.10. The first kappa shape index (κ1) is 11.4. The summed E-state index contributed by atoms with van der Waals surface area (Å²) >= 11 is 0. The van der Waals surface area contributed by atoms with Crippen molar-refractivity contribution in [3.63, 3.8) is 0 Å². The van der Waals surface area contributed by atoms with Gasteiger partial charge in [0.1, 0.15) is 17.5 Å². The summed E-state index contributed by atoms with van der Waals surface area (Å²) in [5.41, 5.74) is 1.17. The maximum Gasteiger partial charge on any atom is 0.274 e. The van der Waals surface area contributed by atoms with Crippen LogP contribution in [0.15, 0.2) is 16.7 Å². The molecule has 2 aromatic heterocycles. The highest BCUT2D eigenvalue weighted by Gasteiger charge is 2.10. The molecule has 1 N–H and O–H groups in total. The van der Waals surface area contributed by atoms with Gasteiger partial charge in [0.25, 0.3) is 5.89 Å². The van der Waals surface area contributed by atoms with Crippen LogP contribution in [0.4, 0.5) is 0 Å². The number of rotatable bonds is 4. The van der Waals surface area contributed by atoms with Crippen LogP contribution in [-0.4, -0.2) is 15.1 Å². The largest absolute Gasteiger partial charge is 0.342 e. The van der Waals surface area contributed by atoms with Crippen LogP contribution in [0.25, 0.3) is 11.6 Å². The number of nitriles is 1. The average molecular weight is 230 g/mol. The Morgan fingerprint density at radius 3 is 2.94 bits per heavy atom. The number of hydrogen-bond donors (Lipinski definition) is 1. The van der Waals surface area contributed by atoms with Gasteiger partial charge >= 0.3 is 0 Å². The van der Waals surface area contributed by atoms with E-state index in [1.54, 1.807) is 12.1 Å². The minimum Gasteiger partial charge on any atom is -0.342 e. The van der Waals surface area contributed by atoms with Crippen molar-refractivity contribution in [1.82, 2.24) is 15.1 Å². The molecule has 2 heterocycles. The summed E-state index contributed by atoms with van der Waals surface area (Å²) in [5, 5.41) is 12.6. The van der Waals surface area contributed by atoms with Gasteiger partial charge in [-0.15, -0.1) is 0 Å². The van der Waals surface area contributed by atoms with E-state index in [0.717, 1.165) is 12.8 Å². The molecular weight excluding hydrogens is 216 g/mol. The molecule has 0 bridgehead atoms. The molecule has 0 amide bonds. The summed E-state index contributed by atoms with van der Waals surface area (Å²) in [6.45, 7) is 4.32. The maximum atomic E-state index is 8.70. The third-order valence-electron chi connectivity index (χ3n) is 2.45. The van der Waals surface area contributed by atoms with Crippen LogP contribution < -0.4 is 0 Å². The molecule has 2 rings (SSSR count). The van der Waals surface area contributed by atoms with E-state index < -0.39 is 0 Å². The number of hydrogen-bond acceptors (Lipinski definition) is 4. The normalized spacial score (nSPS) is 10.7. The molecule has 0 saturated carbocycles. The lowest BCUT2D eigenvalue weighted by Gasteiger charge is -1.98. The molecule has 0 aromatic carbocycles. The topological polar surface area (TPSA) is 78.5 Å². The van der Waals surface area contributed by atoms with Crippen LogP contribution in [0.2, 0.25) is 0 Å². The minimum absolute atomic E-state index is 0.435. The van der Waals surface area contributed by atoms with E-state index in [9.17, 15) is 0 Å². The molecule has 0 saturated heterocycles. The molecule has 0 radical (unpaired) electrons. The van der Waals surface area contributed by atoms with Gasteiger partial charge in [-0.3, -0.25) is 0 Å². The number of nitrogens with zero attached hydrogens (tertiary/aromatic N) is 3. The highest BCUT2D eigenvalue weighted by atomic mass is 16.5. The van der Waals surface area contributed by atoms with Gasteiger partial charge in [0.2, 0.25) is 0 Å². The van der Waals surface area contributed by atoms with E-state index in [4.69, 9.17) is 9.78 Å². The monoisotopic (exact) mass is 230 g/mol. The van der Waals surface area contributed by atoms with Gasteiger partial charge in [-0.2, -0.15) is 10.2 Å². The first-order chi connectivity index (χ1) is 8.19. The molecule has 0 aliphatic heterocycles. The number of aromatic amines is 1. The van der Waals surface area contributed by atoms with Gasteiger partial charge in [-0.25, -0.2) is 0 Å². The van der Waals surface area contributed by atoms with E-state index in [0.29, 0.717) is 29.0 Å².